The van der Waals surface area contributed by atoms with Gasteiger partial charge in [0.2, 0.25) is 0 Å². The monoisotopic (exact) mass is 296 g/mol. The largest absolute Gasteiger partial charge is 0.381 e. The standard InChI is InChI=1S/C11H13BrN4O/c12-9-7-13-16-4-1-10(15-11(9)16)14-8-2-5-17-6-3-8/h1,4,7-8H,2-3,5-6H2,(H,14,15). The van der Waals surface area contributed by atoms with E-state index in [0.29, 0.717) is 6.04 Å². The fraction of sp³-hybridized carbons (Fsp3) is 0.455. The van der Waals surface area contributed by atoms with E-state index in [1.807, 2.05) is 12.3 Å². The van der Waals surface area contributed by atoms with Gasteiger partial charge < -0.3 is 10.1 Å². The molecule has 1 aliphatic heterocycles. The molecule has 0 aromatic carbocycles. The Morgan fingerprint density at radius 2 is 2.24 bits per heavy atom. The van der Waals surface area contributed by atoms with Gasteiger partial charge in [0, 0.05) is 25.5 Å². The second-order valence-corrected chi connectivity index (χ2v) is 4.96. The van der Waals surface area contributed by atoms with Crippen LogP contribution in [0.25, 0.3) is 5.65 Å². The van der Waals surface area contributed by atoms with Gasteiger partial charge in [-0.05, 0) is 34.8 Å². The zero-order chi connectivity index (χ0) is 11.7. The molecule has 1 fully saturated rings. The fourth-order valence-corrected chi connectivity index (χ4v) is 2.33. The first kappa shape index (κ1) is 11.0. The highest BCUT2D eigenvalue weighted by atomic mass is 79.9. The number of aromatic nitrogens is 3. The van der Waals surface area contributed by atoms with E-state index in [4.69, 9.17) is 4.74 Å². The van der Waals surface area contributed by atoms with Crippen LogP contribution in [-0.2, 0) is 4.74 Å². The lowest BCUT2D eigenvalue weighted by atomic mass is 10.1. The molecule has 90 valence electrons. The van der Waals surface area contributed by atoms with E-state index in [-0.39, 0.29) is 0 Å². The van der Waals surface area contributed by atoms with Crippen molar-refractivity contribution in [1.29, 1.82) is 0 Å². The average Bonchev–Trinajstić information content (AvgIpc) is 2.73. The third-order valence-corrected chi connectivity index (χ3v) is 3.46. The van der Waals surface area contributed by atoms with Gasteiger partial charge in [-0.3, -0.25) is 0 Å². The van der Waals surface area contributed by atoms with Crippen LogP contribution in [0.5, 0.6) is 0 Å². The molecule has 5 nitrogen and oxygen atoms in total. The van der Waals surface area contributed by atoms with Crippen LogP contribution >= 0.6 is 15.9 Å². The van der Waals surface area contributed by atoms with Crippen molar-refractivity contribution in [1.82, 2.24) is 14.6 Å². The van der Waals surface area contributed by atoms with E-state index in [9.17, 15) is 0 Å². The molecule has 6 heteroatoms. The number of ether oxygens (including phenoxy) is 1. The first-order chi connectivity index (χ1) is 8.33. The van der Waals surface area contributed by atoms with Gasteiger partial charge in [0.1, 0.15) is 5.82 Å². The number of halogens is 1. The van der Waals surface area contributed by atoms with Gasteiger partial charge in [-0.15, -0.1) is 0 Å². The number of anilines is 1. The van der Waals surface area contributed by atoms with E-state index in [1.54, 1.807) is 10.7 Å². The minimum Gasteiger partial charge on any atom is -0.381 e. The molecule has 3 rings (SSSR count). The van der Waals surface area contributed by atoms with Crippen LogP contribution in [0.4, 0.5) is 5.82 Å². The number of hydrogen-bond donors (Lipinski definition) is 1. The molecule has 1 N–H and O–H groups in total. The summed E-state index contributed by atoms with van der Waals surface area (Å²) >= 11 is 3.43. The minimum absolute atomic E-state index is 0.459. The minimum atomic E-state index is 0.459. The molecule has 17 heavy (non-hydrogen) atoms. The highest BCUT2D eigenvalue weighted by molar-refractivity contribution is 9.10. The molecule has 2 aromatic rings. The highest BCUT2D eigenvalue weighted by Gasteiger charge is 2.14. The van der Waals surface area contributed by atoms with Gasteiger partial charge in [0.15, 0.2) is 5.65 Å². The molecule has 0 unspecified atom stereocenters. The number of rotatable bonds is 2. The Balaban J connectivity index is 1.82. The normalized spacial score (nSPS) is 17.5. The third kappa shape index (κ3) is 2.28. The smallest absolute Gasteiger partial charge is 0.171 e. The maximum Gasteiger partial charge on any atom is 0.171 e. The maximum absolute atomic E-state index is 5.33. The Morgan fingerprint density at radius 1 is 1.41 bits per heavy atom. The van der Waals surface area contributed by atoms with E-state index >= 15 is 0 Å². The molecule has 1 aliphatic rings. The van der Waals surface area contributed by atoms with Crippen molar-refractivity contribution in [2.75, 3.05) is 18.5 Å². The van der Waals surface area contributed by atoms with Crippen molar-refractivity contribution >= 4 is 27.4 Å². The van der Waals surface area contributed by atoms with Crippen LogP contribution in [0, 0.1) is 0 Å². The fourth-order valence-electron chi connectivity index (χ4n) is 1.97. The Morgan fingerprint density at radius 3 is 3.06 bits per heavy atom. The summed E-state index contributed by atoms with van der Waals surface area (Å²) in [5.41, 5.74) is 0.835. The van der Waals surface area contributed by atoms with Crippen molar-refractivity contribution < 1.29 is 4.74 Å². The molecule has 0 bridgehead atoms. The first-order valence-electron chi connectivity index (χ1n) is 5.67. The van der Waals surface area contributed by atoms with Crippen LogP contribution in [0.1, 0.15) is 12.8 Å². The van der Waals surface area contributed by atoms with Gasteiger partial charge in [-0.2, -0.15) is 5.10 Å². The first-order valence-corrected chi connectivity index (χ1v) is 6.46. The third-order valence-electron chi connectivity index (χ3n) is 2.90. The summed E-state index contributed by atoms with van der Waals surface area (Å²) in [7, 11) is 0. The Kier molecular flexibility index (Phi) is 2.98. The van der Waals surface area contributed by atoms with Crippen LogP contribution < -0.4 is 5.32 Å². The Hall–Kier alpha value is -1.14. The van der Waals surface area contributed by atoms with Crippen molar-refractivity contribution in [2.45, 2.75) is 18.9 Å². The predicted octanol–water partition coefficient (Wildman–Crippen LogP) is 2.08. The molecule has 3 heterocycles. The van der Waals surface area contributed by atoms with Gasteiger partial charge in [-0.25, -0.2) is 9.50 Å². The molecule has 1 saturated heterocycles. The van der Waals surface area contributed by atoms with Gasteiger partial charge in [0.25, 0.3) is 0 Å². The lowest BCUT2D eigenvalue weighted by Gasteiger charge is -2.23. The van der Waals surface area contributed by atoms with Crippen LogP contribution in [0.15, 0.2) is 22.9 Å². The van der Waals surface area contributed by atoms with Gasteiger partial charge in [0.05, 0.1) is 10.7 Å². The summed E-state index contributed by atoms with van der Waals surface area (Å²) in [5, 5.41) is 7.60. The molecule has 0 atom stereocenters. The SMILES string of the molecule is Brc1cnn2ccc(NC3CCOCC3)nc12. The Bertz CT molecular complexity index is 521. The number of nitrogens with zero attached hydrogens (tertiary/aromatic N) is 3. The van der Waals surface area contributed by atoms with Gasteiger partial charge >= 0.3 is 0 Å². The van der Waals surface area contributed by atoms with E-state index in [2.05, 4.69) is 31.3 Å². The molecule has 0 aliphatic carbocycles. The van der Waals surface area contributed by atoms with Crippen LogP contribution in [0.3, 0.4) is 0 Å². The Labute approximate surface area is 107 Å². The van der Waals surface area contributed by atoms with Gasteiger partial charge in [-0.1, -0.05) is 0 Å². The van der Waals surface area contributed by atoms with Crippen LogP contribution in [-0.4, -0.2) is 33.9 Å². The predicted molar refractivity (Wildman–Crippen MR) is 68.2 cm³/mol. The quantitative estimate of drug-likeness (QED) is 0.922. The number of nitrogens with one attached hydrogen (secondary N) is 1. The lowest BCUT2D eigenvalue weighted by Crippen LogP contribution is -2.28. The van der Waals surface area contributed by atoms with Crippen molar-refractivity contribution in [2.24, 2.45) is 0 Å². The summed E-state index contributed by atoms with van der Waals surface area (Å²) in [6.45, 7) is 1.66. The molecule has 2 aromatic heterocycles. The number of fused-ring (bicyclic) bond motifs is 1. The molecular formula is C11H13BrN4O. The van der Waals surface area contributed by atoms with E-state index in [1.165, 1.54) is 0 Å². The second kappa shape index (κ2) is 4.62. The topological polar surface area (TPSA) is 51.5 Å². The summed E-state index contributed by atoms with van der Waals surface area (Å²) < 4.78 is 7.99. The van der Waals surface area contributed by atoms with Crippen LogP contribution in [0.2, 0.25) is 0 Å². The molecule has 0 saturated carbocycles. The summed E-state index contributed by atoms with van der Waals surface area (Å²) in [6.07, 6.45) is 5.73. The highest BCUT2D eigenvalue weighted by Crippen LogP contribution is 2.18. The molecule has 0 radical (unpaired) electrons. The van der Waals surface area contributed by atoms with E-state index < -0.39 is 0 Å². The van der Waals surface area contributed by atoms with Crippen molar-refractivity contribution in [3.63, 3.8) is 0 Å². The number of hydrogen-bond acceptors (Lipinski definition) is 4. The lowest BCUT2D eigenvalue weighted by molar-refractivity contribution is 0.0904. The molecule has 0 amide bonds. The molecular weight excluding hydrogens is 284 g/mol. The summed E-state index contributed by atoms with van der Waals surface area (Å²) in [5.74, 6) is 0.894. The average molecular weight is 297 g/mol. The maximum atomic E-state index is 5.33. The molecule has 0 spiro atoms. The van der Waals surface area contributed by atoms with Crippen molar-refractivity contribution in [3.05, 3.63) is 22.9 Å². The summed E-state index contributed by atoms with van der Waals surface area (Å²) in [4.78, 5) is 4.53. The zero-order valence-electron chi connectivity index (χ0n) is 9.27. The second-order valence-electron chi connectivity index (χ2n) is 4.10. The van der Waals surface area contributed by atoms with E-state index in [0.717, 1.165) is 42.0 Å². The zero-order valence-corrected chi connectivity index (χ0v) is 10.9. The van der Waals surface area contributed by atoms with Crippen molar-refractivity contribution in [3.8, 4) is 0 Å². The summed E-state index contributed by atoms with van der Waals surface area (Å²) in [6, 6.07) is 2.41.